The van der Waals surface area contributed by atoms with Crippen LogP contribution in [0.4, 0.5) is 0 Å². The van der Waals surface area contributed by atoms with Gasteiger partial charge in [-0.15, -0.1) is 0 Å². The average Bonchev–Trinajstić information content (AvgIpc) is 2.32. The van der Waals surface area contributed by atoms with Crippen LogP contribution in [0.3, 0.4) is 0 Å². The molecule has 0 aliphatic heterocycles. The van der Waals surface area contributed by atoms with Crippen molar-refractivity contribution in [2.75, 3.05) is 0 Å². The number of aryl methyl sites for hydroxylation is 2. The minimum absolute atomic E-state index is 0.233. The maximum Gasteiger partial charge on any atom is 0.0323 e. The van der Waals surface area contributed by atoms with Crippen molar-refractivity contribution in [3.8, 4) is 0 Å². The van der Waals surface area contributed by atoms with Crippen LogP contribution in [0.1, 0.15) is 55.3 Å². The molecule has 3 atom stereocenters. The van der Waals surface area contributed by atoms with Gasteiger partial charge in [0.25, 0.3) is 0 Å². The van der Waals surface area contributed by atoms with Gasteiger partial charge in [-0.25, -0.2) is 0 Å². The Hall–Kier alpha value is -0.820. The quantitative estimate of drug-likeness (QED) is 0.813. The van der Waals surface area contributed by atoms with Crippen molar-refractivity contribution in [2.45, 2.75) is 52.5 Å². The molecule has 0 bridgehead atoms. The predicted octanol–water partition coefficient (Wildman–Crippen LogP) is 4.13. The molecule has 1 aromatic carbocycles. The van der Waals surface area contributed by atoms with E-state index < -0.39 is 0 Å². The zero-order chi connectivity index (χ0) is 12.4. The Kier molecular flexibility index (Phi) is 3.88. The van der Waals surface area contributed by atoms with Gasteiger partial charge in [0.15, 0.2) is 0 Å². The summed E-state index contributed by atoms with van der Waals surface area (Å²) in [6.07, 6.45) is 5.34. The number of benzene rings is 1. The van der Waals surface area contributed by atoms with E-state index in [4.69, 9.17) is 5.73 Å². The lowest BCUT2D eigenvalue weighted by molar-refractivity contribution is 0.248. The van der Waals surface area contributed by atoms with Gasteiger partial charge in [0.1, 0.15) is 0 Å². The first-order chi connectivity index (χ1) is 8.08. The van der Waals surface area contributed by atoms with Gasteiger partial charge in [-0.3, -0.25) is 0 Å². The Morgan fingerprint density at radius 1 is 1.18 bits per heavy atom. The zero-order valence-corrected chi connectivity index (χ0v) is 11.4. The topological polar surface area (TPSA) is 26.0 Å². The molecule has 1 heteroatoms. The highest BCUT2D eigenvalue weighted by molar-refractivity contribution is 5.31. The van der Waals surface area contributed by atoms with E-state index >= 15 is 0 Å². The minimum atomic E-state index is 0.233. The van der Waals surface area contributed by atoms with E-state index in [1.54, 1.807) is 0 Å². The highest BCUT2D eigenvalue weighted by Crippen LogP contribution is 2.36. The summed E-state index contributed by atoms with van der Waals surface area (Å²) in [6, 6.07) is 6.93. The number of nitrogens with two attached hydrogens (primary N) is 1. The first-order valence-electron chi connectivity index (χ1n) is 6.90. The number of rotatable bonds is 2. The lowest BCUT2D eigenvalue weighted by atomic mass is 9.77. The second-order valence-electron chi connectivity index (χ2n) is 5.90. The van der Waals surface area contributed by atoms with Crippen molar-refractivity contribution in [3.05, 3.63) is 34.9 Å². The third-order valence-corrected chi connectivity index (χ3v) is 4.40. The molecule has 1 aliphatic carbocycles. The molecule has 1 fully saturated rings. The monoisotopic (exact) mass is 231 g/mol. The number of hydrogen-bond acceptors (Lipinski definition) is 1. The highest BCUT2D eigenvalue weighted by Gasteiger charge is 2.25. The van der Waals surface area contributed by atoms with Crippen molar-refractivity contribution in [1.82, 2.24) is 0 Å². The van der Waals surface area contributed by atoms with E-state index in [2.05, 4.69) is 39.0 Å². The van der Waals surface area contributed by atoms with E-state index in [0.717, 1.165) is 5.92 Å². The van der Waals surface area contributed by atoms with Crippen LogP contribution in [0.25, 0.3) is 0 Å². The van der Waals surface area contributed by atoms with Crippen molar-refractivity contribution < 1.29 is 0 Å². The molecule has 1 nitrogen and oxygen atoms in total. The summed E-state index contributed by atoms with van der Waals surface area (Å²) >= 11 is 0. The Morgan fingerprint density at radius 3 is 2.59 bits per heavy atom. The predicted molar refractivity (Wildman–Crippen MR) is 74.0 cm³/mol. The van der Waals surface area contributed by atoms with Gasteiger partial charge in [-0.05, 0) is 55.2 Å². The molecule has 1 saturated carbocycles. The van der Waals surface area contributed by atoms with Crippen LogP contribution in [0.5, 0.6) is 0 Å². The molecule has 0 saturated heterocycles. The van der Waals surface area contributed by atoms with E-state index in [1.165, 1.54) is 42.4 Å². The maximum absolute atomic E-state index is 6.45. The molecule has 0 amide bonds. The largest absolute Gasteiger partial charge is 0.324 e. The van der Waals surface area contributed by atoms with Crippen molar-refractivity contribution in [2.24, 2.45) is 17.6 Å². The summed E-state index contributed by atoms with van der Waals surface area (Å²) in [5.74, 6) is 1.53. The smallest absolute Gasteiger partial charge is 0.0323 e. The Labute approximate surface area is 105 Å². The third-order valence-electron chi connectivity index (χ3n) is 4.40. The van der Waals surface area contributed by atoms with Crippen molar-refractivity contribution in [3.63, 3.8) is 0 Å². The van der Waals surface area contributed by atoms with E-state index in [-0.39, 0.29) is 6.04 Å². The number of hydrogen-bond donors (Lipinski definition) is 1. The molecule has 0 radical (unpaired) electrons. The third kappa shape index (κ3) is 2.90. The SMILES string of the molecule is Cc1ccc(C(N)C2CCCC(C)C2)cc1C. The second-order valence-corrected chi connectivity index (χ2v) is 5.90. The van der Waals surface area contributed by atoms with Gasteiger partial charge in [0, 0.05) is 6.04 Å². The standard InChI is InChI=1S/C16H25N/c1-11-5-4-6-14(9-11)16(17)15-8-7-12(2)13(3)10-15/h7-8,10-11,14,16H,4-6,9,17H2,1-3H3. The Bertz CT molecular complexity index is 383. The van der Waals surface area contributed by atoms with Crippen LogP contribution in [-0.4, -0.2) is 0 Å². The molecule has 3 unspecified atom stereocenters. The van der Waals surface area contributed by atoms with E-state index in [9.17, 15) is 0 Å². The van der Waals surface area contributed by atoms with Crippen LogP contribution in [0.2, 0.25) is 0 Å². The van der Waals surface area contributed by atoms with Crippen molar-refractivity contribution >= 4 is 0 Å². The van der Waals surface area contributed by atoms with Crippen LogP contribution in [-0.2, 0) is 0 Å². The molecule has 94 valence electrons. The molecule has 2 N–H and O–H groups in total. The fourth-order valence-corrected chi connectivity index (χ4v) is 3.05. The summed E-state index contributed by atoms with van der Waals surface area (Å²) in [6.45, 7) is 6.70. The molecule has 0 spiro atoms. The molecular weight excluding hydrogens is 206 g/mol. The second kappa shape index (κ2) is 5.22. The van der Waals surface area contributed by atoms with Gasteiger partial charge in [0.05, 0.1) is 0 Å². The van der Waals surface area contributed by atoms with E-state index in [0.29, 0.717) is 5.92 Å². The Balaban J connectivity index is 2.12. The van der Waals surface area contributed by atoms with Crippen LogP contribution in [0, 0.1) is 25.7 Å². The zero-order valence-electron chi connectivity index (χ0n) is 11.4. The summed E-state index contributed by atoms with van der Waals surface area (Å²) in [4.78, 5) is 0. The van der Waals surface area contributed by atoms with Gasteiger partial charge >= 0.3 is 0 Å². The van der Waals surface area contributed by atoms with Gasteiger partial charge in [0.2, 0.25) is 0 Å². The van der Waals surface area contributed by atoms with Crippen LogP contribution in [0.15, 0.2) is 18.2 Å². The lowest BCUT2D eigenvalue weighted by Crippen LogP contribution is -2.26. The molecular formula is C16H25N. The molecule has 17 heavy (non-hydrogen) atoms. The first kappa shape index (κ1) is 12.6. The highest BCUT2D eigenvalue weighted by atomic mass is 14.7. The van der Waals surface area contributed by atoms with E-state index in [1.807, 2.05) is 0 Å². The van der Waals surface area contributed by atoms with Gasteiger partial charge in [-0.2, -0.15) is 0 Å². The lowest BCUT2D eigenvalue weighted by Gasteiger charge is -2.31. The summed E-state index contributed by atoms with van der Waals surface area (Å²) in [5, 5.41) is 0. The molecule has 1 aliphatic rings. The normalized spacial score (nSPS) is 26.8. The van der Waals surface area contributed by atoms with Crippen molar-refractivity contribution in [1.29, 1.82) is 0 Å². The van der Waals surface area contributed by atoms with Gasteiger partial charge < -0.3 is 5.73 Å². The molecule has 0 heterocycles. The first-order valence-corrected chi connectivity index (χ1v) is 6.90. The Morgan fingerprint density at radius 2 is 1.94 bits per heavy atom. The maximum atomic E-state index is 6.45. The summed E-state index contributed by atoms with van der Waals surface area (Å²) < 4.78 is 0. The minimum Gasteiger partial charge on any atom is -0.324 e. The summed E-state index contributed by atoms with van der Waals surface area (Å²) in [7, 11) is 0. The fraction of sp³-hybridized carbons (Fsp3) is 0.625. The van der Waals surface area contributed by atoms with Crippen LogP contribution < -0.4 is 5.73 Å². The summed E-state index contributed by atoms with van der Waals surface area (Å²) in [5.41, 5.74) is 10.5. The fourth-order valence-electron chi connectivity index (χ4n) is 3.05. The van der Waals surface area contributed by atoms with Crippen LogP contribution >= 0.6 is 0 Å². The van der Waals surface area contributed by atoms with Gasteiger partial charge in [-0.1, -0.05) is 38.0 Å². The molecule has 0 aromatic heterocycles. The molecule has 2 rings (SSSR count). The average molecular weight is 231 g/mol. The molecule has 1 aromatic rings.